The topological polar surface area (TPSA) is 49.3 Å². The van der Waals surface area contributed by atoms with Crippen molar-refractivity contribution in [3.63, 3.8) is 0 Å². The molecule has 0 radical (unpaired) electrons. The molecule has 1 aliphatic rings. The zero-order chi connectivity index (χ0) is 12.8. The van der Waals surface area contributed by atoms with Crippen LogP contribution < -0.4 is 5.32 Å². The SMILES string of the molecule is Br.O=C(O)C1CCCC[C@@H]1NCCc1ccccc1. The highest BCUT2D eigenvalue weighted by molar-refractivity contribution is 8.93. The first-order chi connectivity index (χ1) is 8.77. The Labute approximate surface area is 125 Å². The quantitative estimate of drug-likeness (QED) is 0.873. The molecule has 0 saturated heterocycles. The number of aliphatic carboxylic acids is 1. The van der Waals surface area contributed by atoms with E-state index in [9.17, 15) is 9.90 Å². The zero-order valence-corrected chi connectivity index (χ0v) is 12.8. The number of carbonyl (C=O) groups is 1. The number of halogens is 1. The fourth-order valence-corrected chi connectivity index (χ4v) is 2.72. The van der Waals surface area contributed by atoms with Crippen LogP contribution in [0.2, 0.25) is 0 Å². The third-order valence-corrected chi connectivity index (χ3v) is 3.75. The standard InChI is InChI=1S/C15H21NO2.BrH/c17-15(18)13-8-4-5-9-14(13)16-11-10-12-6-2-1-3-7-12;/h1-3,6-7,13-14,16H,4-5,8-11H2,(H,17,18);1H/t13?,14-;/m0./s1. The van der Waals surface area contributed by atoms with E-state index in [0.717, 1.165) is 38.6 Å². The third-order valence-electron chi connectivity index (χ3n) is 3.75. The fraction of sp³-hybridized carbons (Fsp3) is 0.533. The Kier molecular flexibility index (Phi) is 7.10. The Morgan fingerprint density at radius 1 is 1.21 bits per heavy atom. The summed E-state index contributed by atoms with van der Waals surface area (Å²) in [5.74, 6) is -0.846. The van der Waals surface area contributed by atoms with E-state index < -0.39 is 5.97 Å². The van der Waals surface area contributed by atoms with E-state index in [4.69, 9.17) is 0 Å². The maximum Gasteiger partial charge on any atom is 0.308 e. The molecule has 1 saturated carbocycles. The van der Waals surface area contributed by atoms with Crippen LogP contribution in [0.25, 0.3) is 0 Å². The third kappa shape index (κ3) is 4.96. The molecule has 106 valence electrons. The van der Waals surface area contributed by atoms with Gasteiger partial charge in [0.1, 0.15) is 0 Å². The summed E-state index contributed by atoms with van der Waals surface area (Å²) in [6.45, 7) is 0.860. The van der Waals surface area contributed by atoms with Gasteiger partial charge in [0.2, 0.25) is 0 Å². The van der Waals surface area contributed by atoms with E-state index in [1.54, 1.807) is 0 Å². The van der Waals surface area contributed by atoms with Crippen molar-refractivity contribution in [1.29, 1.82) is 0 Å². The highest BCUT2D eigenvalue weighted by Crippen LogP contribution is 2.24. The lowest BCUT2D eigenvalue weighted by Crippen LogP contribution is -2.43. The molecule has 0 spiro atoms. The minimum Gasteiger partial charge on any atom is -0.481 e. The Hall–Kier alpha value is -0.870. The molecule has 1 unspecified atom stereocenters. The van der Waals surface area contributed by atoms with Crippen molar-refractivity contribution in [3.05, 3.63) is 35.9 Å². The number of rotatable bonds is 5. The average Bonchev–Trinajstić information content (AvgIpc) is 2.40. The van der Waals surface area contributed by atoms with Crippen molar-refractivity contribution in [2.24, 2.45) is 5.92 Å². The van der Waals surface area contributed by atoms with Crippen LogP contribution in [0.4, 0.5) is 0 Å². The Balaban J connectivity index is 0.00000180. The molecule has 1 fully saturated rings. The minimum atomic E-state index is -0.646. The van der Waals surface area contributed by atoms with Crippen LogP contribution >= 0.6 is 17.0 Å². The first kappa shape index (κ1) is 16.2. The first-order valence-electron chi connectivity index (χ1n) is 6.77. The van der Waals surface area contributed by atoms with Gasteiger partial charge in [0.05, 0.1) is 5.92 Å². The normalized spacial score (nSPS) is 22.5. The predicted octanol–water partition coefficient (Wildman–Crippen LogP) is 3.04. The van der Waals surface area contributed by atoms with Gasteiger partial charge < -0.3 is 10.4 Å². The number of benzene rings is 1. The molecular weight excluding hydrogens is 306 g/mol. The lowest BCUT2D eigenvalue weighted by atomic mass is 9.84. The lowest BCUT2D eigenvalue weighted by molar-refractivity contribution is -0.143. The largest absolute Gasteiger partial charge is 0.481 e. The van der Waals surface area contributed by atoms with Crippen LogP contribution in [-0.2, 0) is 11.2 Å². The molecule has 4 heteroatoms. The smallest absolute Gasteiger partial charge is 0.308 e. The van der Waals surface area contributed by atoms with Crippen molar-refractivity contribution in [3.8, 4) is 0 Å². The molecule has 2 rings (SSSR count). The number of nitrogens with one attached hydrogen (secondary N) is 1. The minimum absolute atomic E-state index is 0. The summed E-state index contributed by atoms with van der Waals surface area (Å²) >= 11 is 0. The van der Waals surface area contributed by atoms with Gasteiger partial charge in [0.15, 0.2) is 0 Å². The van der Waals surface area contributed by atoms with Crippen molar-refractivity contribution in [2.75, 3.05) is 6.54 Å². The second-order valence-corrected chi connectivity index (χ2v) is 5.03. The highest BCUT2D eigenvalue weighted by Gasteiger charge is 2.29. The second-order valence-electron chi connectivity index (χ2n) is 5.03. The zero-order valence-electron chi connectivity index (χ0n) is 11.0. The van der Waals surface area contributed by atoms with Gasteiger partial charge >= 0.3 is 5.97 Å². The number of carboxylic acid groups (broad SMARTS) is 1. The van der Waals surface area contributed by atoms with E-state index in [-0.39, 0.29) is 28.9 Å². The van der Waals surface area contributed by atoms with Crippen molar-refractivity contribution >= 4 is 23.0 Å². The monoisotopic (exact) mass is 327 g/mol. The summed E-state index contributed by atoms with van der Waals surface area (Å²) in [4.78, 5) is 11.2. The number of hydrogen-bond donors (Lipinski definition) is 2. The molecule has 1 aromatic rings. The summed E-state index contributed by atoms with van der Waals surface area (Å²) in [5.41, 5.74) is 1.30. The van der Waals surface area contributed by atoms with Gasteiger partial charge in [-0.05, 0) is 31.4 Å². The molecule has 0 aromatic heterocycles. The summed E-state index contributed by atoms with van der Waals surface area (Å²) in [5, 5.41) is 12.6. The molecule has 1 aromatic carbocycles. The van der Waals surface area contributed by atoms with Gasteiger partial charge in [-0.2, -0.15) is 0 Å². The van der Waals surface area contributed by atoms with Gasteiger partial charge in [0.25, 0.3) is 0 Å². The molecule has 19 heavy (non-hydrogen) atoms. The molecule has 2 N–H and O–H groups in total. The van der Waals surface area contributed by atoms with Gasteiger partial charge in [-0.25, -0.2) is 0 Å². The van der Waals surface area contributed by atoms with Gasteiger partial charge in [-0.3, -0.25) is 4.79 Å². The number of hydrogen-bond acceptors (Lipinski definition) is 2. The summed E-state index contributed by atoms with van der Waals surface area (Å²) in [6, 6.07) is 10.5. The maximum atomic E-state index is 11.2. The average molecular weight is 328 g/mol. The molecule has 0 aliphatic heterocycles. The van der Waals surface area contributed by atoms with Crippen LogP contribution in [0.15, 0.2) is 30.3 Å². The predicted molar refractivity (Wildman–Crippen MR) is 81.9 cm³/mol. The van der Waals surface area contributed by atoms with E-state index in [1.165, 1.54) is 5.56 Å². The van der Waals surface area contributed by atoms with Gasteiger partial charge in [0, 0.05) is 6.04 Å². The lowest BCUT2D eigenvalue weighted by Gasteiger charge is -2.29. The van der Waals surface area contributed by atoms with Crippen LogP contribution in [0.5, 0.6) is 0 Å². The Bertz CT molecular complexity index is 383. The molecule has 0 amide bonds. The Morgan fingerprint density at radius 2 is 1.89 bits per heavy atom. The highest BCUT2D eigenvalue weighted by atomic mass is 79.9. The van der Waals surface area contributed by atoms with Crippen molar-refractivity contribution in [1.82, 2.24) is 5.32 Å². The van der Waals surface area contributed by atoms with Gasteiger partial charge in [-0.1, -0.05) is 43.2 Å². The summed E-state index contributed by atoms with van der Waals surface area (Å²) in [6.07, 6.45) is 4.97. The molecule has 0 heterocycles. The summed E-state index contributed by atoms with van der Waals surface area (Å²) in [7, 11) is 0. The molecule has 0 bridgehead atoms. The van der Waals surface area contributed by atoms with Crippen molar-refractivity contribution < 1.29 is 9.90 Å². The Morgan fingerprint density at radius 3 is 2.58 bits per heavy atom. The molecule has 1 aliphatic carbocycles. The first-order valence-corrected chi connectivity index (χ1v) is 6.77. The van der Waals surface area contributed by atoms with Crippen LogP contribution in [-0.4, -0.2) is 23.7 Å². The molecule has 2 atom stereocenters. The van der Waals surface area contributed by atoms with Crippen LogP contribution in [0, 0.1) is 5.92 Å². The van der Waals surface area contributed by atoms with Gasteiger partial charge in [-0.15, -0.1) is 17.0 Å². The molecular formula is C15H22BrNO2. The molecule has 3 nitrogen and oxygen atoms in total. The second kappa shape index (κ2) is 8.33. The maximum absolute atomic E-state index is 11.2. The van der Waals surface area contributed by atoms with E-state index in [1.807, 2.05) is 18.2 Å². The fourth-order valence-electron chi connectivity index (χ4n) is 2.72. The van der Waals surface area contributed by atoms with E-state index in [2.05, 4.69) is 17.4 Å². The van der Waals surface area contributed by atoms with Crippen molar-refractivity contribution in [2.45, 2.75) is 38.1 Å². The van der Waals surface area contributed by atoms with Crippen LogP contribution in [0.1, 0.15) is 31.2 Å². The number of carboxylic acids is 1. The summed E-state index contributed by atoms with van der Waals surface area (Å²) < 4.78 is 0. The van der Waals surface area contributed by atoms with E-state index >= 15 is 0 Å². The van der Waals surface area contributed by atoms with Crippen LogP contribution in [0.3, 0.4) is 0 Å². The van der Waals surface area contributed by atoms with E-state index in [0.29, 0.717) is 0 Å².